The molecule has 0 aromatic rings. The Morgan fingerprint density at radius 3 is 1.85 bits per heavy atom. The molecule has 0 bridgehead atoms. The average Bonchev–Trinajstić information content (AvgIpc) is 2.28. The van der Waals surface area contributed by atoms with Crippen LogP contribution in [0.5, 0.6) is 0 Å². The third-order valence-corrected chi connectivity index (χ3v) is 3.36. The molecule has 0 aliphatic heterocycles. The zero-order valence-electron chi connectivity index (χ0n) is 13.6. The maximum absolute atomic E-state index is 13.0. The van der Waals surface area contributed by atoms with E-state index in [2.05, 4.69) is 24.5 Å². The molecule has 20 heavy (non-hydrogen) atoms. The van der Waals surface area contributed by atoms with Gasteiger partial charge in [0.25, 0.3) is 0 Å². The van der Waals surface area contributed by atoms with Gasteiger partial charge >= 0.3 is 6.18 Å². The minimum Gasteiger partial charge on any atom is -0.314 e. The predicted molar refractivity (Wildman–Crippen MR) is 78.8 cm³/mol. The second kappa shape index (κ2) is 8.88. The quantitative estimate of drug-likeness (QED) is 0.673. The van der Waals surface area contributed by atoms with Gasteiger partial charge in [-0.15, -0.1) is 0 Å². The van der Waals surface area contributed by atoms with Crippen LogP contribution >= 0.6 is 0 Å². The summed E-state index contributed by atoms with van der Waals surface area (Å²) in [4.78, 5) is 0. The molecular weight excluding hydrogens is 265 g/mol. The van der Waals surface area contributed by atoms with Crippen LogP contribution in [0.2, 0.25) is 0 Å². The second-order valence-corrected chi connectivity index (χ2v) is 6.60. The number of alkyl halides is 3. The van der Waals surface area contributed by atoms with Crippen molar-refractivity contribution < 1.29 is 13.2 Å². The summed E-state index contributed by atoms with van der Waals surface area (Å²) >= 11 is 0. The smallest absolute Gasteiger partial charge is 0.314 e. The normalized spacial score (nSPS) is 17.6. The van der Waals surface area contributed by atoms with Crippen LogP contribution in [-0.4, -0.2) is 30.8 Å². The average molecular weight is 296 g/mol. The van der Waals surface area contributed by atoms with E-state index in [-0.39, 0.29) is 12.1 Å². The fraction of sp³-hybridized carbons (Fsp3) is 1.00. The van der Waals surface area contributed by atoms with E-state index in [1.807, 2.05) is 6.92 Å². The van der Waals surface area contributed by atoms with Gasteiger partial charge in [-0.1, -0.05) is 34.6 Å². The Morgan fingerprint density at radius 1 is 0.900 bits per heavy atom. The van der Waals surface area contributed by atoms with Crippen LogP contribution in [0.3, 0.4) is 0 Å². The second-order valence-electron chi connectivity index (χ2n) is 6.60. The SMILES string of the molecule is CC(C)CNC(C)CCC(C)C(NC(C)C)C(F)(F)F. The lowest BCUT2D eigenvalue weighted by Gasteiger charge is -2.30. The van der Waals surface area contributed by atoms with E-state index < -0.39 is 18.1 Å². The van der Waals surface area contributed by atoms with Crippen LogP contribution in [0.4, 0.5) is 13.2 Å². The van der Waals surface area contributed by atoms with Gasteiger partial charge in [-0.25, -0.2) is 0 Å². The lowest BCUT2D eigenvalue weighted by molar-refractivity contribution is -0.168. The Hall–Kier alpha value is -0.290. The fourth-order valence-corrected chi connectivity index (χ4v) is 2.16. The predicted octanol–water partition coefficient (Wildman–Crippen LogP) is 3.97. The van der Waals surface area contributed by atoms with Crippen molar-refractivity contribution >= 4 is 0 Å². The van der Waals surface area contributed by atoms with E-state index in [0.717, 1.165) is 13.0 Å². The Morgan fingerprint density at radius 2 is 1.45 bits per heavy atom. The van der Waals surface area contributed by atoms with Crippen molar-refractivity contribution in [2.45, 2.75) is 78.7 Å². The van der Waals surface area contributed by atoms with Crippen LogP contribution < -0.4 is 10.6 Å². The van der Waals surface area contributed by atoms with Crippen molar-refractivity contribution in [3.8, 4) is 0 Å². The van der Waals surface area contributed by atoms with Crippen LogP contribution in [0.1, 0.15) is 54.4 Å². The standard InChI is InChI=1S/C15H31F3N2/c1-10(2)9-19-13(6)8-7-12(5)14(15(16,17)18)20-11(3)4/h10-14,19-20H,7-9H2,1-6H3. The molecule has 2 nitrogen and oxygen atoms in total. The molecule has 3 unspecified atom stereocenters. The molecule has 122 valence electrons. The summed E-state index contributed by atoms with van der Waals surface area (Å²) in [6.07, 6.45) is -2.85. The van der Waals surface area contributed by atoms with Gasteiger partial charge in [-0.2, -0.15) is 13.2 Å². The van der Waals surface area contributed by atoms with Gasteiger partial charge < -0.3 is 10.6 Å². The fourth-order valence-electron chi connectivity index (χ4n) is 2.16. The van der Waals surface area contributed by atoms with Crippen molar-refractivity contribution in [3.63, 3.8) is 0 Å². The Kier molecular flexibility index (Phi) is 8.75. The molecule has 5 heteroatoms. The van der Waals surface area contributed by atoms with E-state index in [9.17, 15) is 13.2 Å². The van der Waals surface area contributed by atoms with Crippen molar-refractivity contribution in [2.24, 2.45) is 11.8 Å². The molecular formula is C15H31F3N2. The first kappa shape index (κ1) is 19.7. The van der Waals surface area contributed by atoms with E-state index in [4.69, 9.17) is 0 Å². The molecule has 0 saturated heterocycles. The van der Waals surface area contributed by atoms with Gasteiger partial charge in [0, 0.05) is 12.1 Å². The minimum atomic E-state index is -4.18. The van der Waals surface area contributed by atoms with Crippen LogP contribution in [0.15, 0.2) is 0 Å². The summed E-state index contributed by atoms with van der Waals surface area (Å²) in [7, 11) is 0. The maximum atomic E-state index is 13.0. The first-order valence-corrected chi connectivity index (χ1v) is 7.60. The molecule has 0 saturated carbocycles. The zero-order valence-corrected chi connectivity index (χ0v) is 13.6. The Balaban J connectivity index is 4.29. The zero-order chi connectivity index (χ0) is 15.9. The van der Waals surface area contributed by atoms with Crippen LogP contribution in [0.25, 0.3) is 0 Å². The highest BCUT2D eigenvalue weighted by atomic mass is 19.4. The van der Waals surface area contributed by atoms with Gasteiger partial charge in [0.1, 0.15) is 6.04 Å². The third-order valence-electron chi connectivity index (χ3n) is 3.36. The maximum Gasteiger partial charge on any atom is 0.404 e. The molecule has 0 aromatic heterocycles. The van der Waals surface area contributed by atoms with Crippen LogP contribution in [0, 0.1) is 11.8 Å². The van der Waals surface area contributed by atoms with Crippen molar-refractivity contribution in [1.29, 1.82) is 0 Å². The molecule has 0 aliphatic rings. The number of nitrogens with one attached hydrogen (secondary N) is 2. The summed E-state index contributed by atoms with van der Waals surface area (Å²) in [6, 6.07) is -1.33. The summed E-state index contributed by atoms with van der Waals surface area (Å²) in [5.41, 5.74) is 0. The number of rotatable bonds is 9. The van der Waals surface area contributed by atoms with Crippen molar-refractivity contribution in [3.05, 3.63) is 0 Å². The molecule has 0 amide bonds. The molecule has 0 aliphatic carbocycles. The van der Waals surface area contributed by atoms with Gasteiger partial charge in [0.05, 0.1) is 0 Å². The highest BCUT2D eigenvalue weighted by molar-refractivity contribution is 4.82. The van der Waals surface area contributed by atoms with E-state index in [1.165, 1.54) is 0 Å². The van der Waals surface area contributed by atoms with E-state index in [0.29, 0.717) is 12.3 Å². The third kappa shape index (κ3) is 8.80. The first-order valence-electron chi connectivity index (χ1n) is 7.60. The molecule has 0 fully saturated rings. The minimum absolute atomic E-state index is 0.166. The highest BCUT2D eigenvalue weighted by Gasteiger charge is 2.42. The molecule has 2 N–H and O–H groups in total. The molecule has 0 heterocycles. The Labute approximate surface area is 121 Å². The highest BCUT2D eigenvalue weighted by Crippen LogP contribution is 2.28. The molecule has 0 radical (unpaired) electrons. The number of hydrogen-bond donors (Lipinski definition) is 2. The van der Waals surface area contributed by atoms with Crippen LogP contribution in [-0.2, 0) is 0 Å². The van der Waals surface area contributed by atoms with Crippen molar-refractivity contribution in [1.82, 2.24) is 10.6 Å². The lowest BCUT2D eigenvalue weighted by Crippen LogP contribution is -2.49. The van der Waals surface area contributed by atoms with Gasteiger partial charge in [0.15, 0.2) is 0 Å². The molecule has 0 spiro atoms. The molecule has 0 rings (SSSR count). The summed E-state index contributed by atoms with van der Waals surface area (Å²) < 4.78 is 39.1. The van der Waals surface area contributed by atoms with Gasteiger partial charge in [0.2, 0.25) is 0 Å². The van der Waals surface area contributed by atoms with E-state index in [1.54, 1.807) is 20.8 Å². The summed E-state index contributed by atoms with van der Waals surface area (Å²) in [5, 5.41) is 6.00. The Bertz CT molecular complexity index is 252. The monoisotopic (exact) mass is 296 g/mol. The van der Waals surface area contributed by atoms with Crippen molar-refractivity contribution in [2.75, 3.05) is 6.54 Å². The largest absolute Gasteiger partial charge is 0.404 e. The topological polar surface area (TPSA) is 24.1 Å². The number of halogens is 3. The van der Waals surface area contributed by atoms with Gasteiger partial charge in [-0.3, -0.25) is 0 Å². The first-order chi connectivity index (χ1) is 9.04. The lowest BCUT2D eigenvalue weighted by atomic mass is 9.93. The number of hydrogen-bond acceptors (Lipinski definition) is 2. The summed E-state index contributed by atoms with van der Waals surface area (Å²) in [6.45, 7) is 12.4. The van der Waals surface area contributed by atoms with Gasteiger partial charge in [-0.05, 0) is 38.1 Å². The van der Waals surface area contributed by atoms with E-state index >= 15 is 0 Å². The molecule has 0 aromatic carbocycles. The summed E-state index contributed by atoms with van der Waals surface area (Å²) in [5.74, 6) is 0.140. The molecule has 3 atom stereocenters.